The Bertz CT molecular complexity index is 1400. The maximum Gasteiger partial charge on any atom is 0.251 e. The highest BCUT2D eigenvalue weighted by Crippen LogP contribution is 2.41. The number of amides is 1. The summed E-state index contributed by atoms with van der Waals surface area (Å²) >= 11 is 7.50. The number of fused-ring (bicyclic) bond motifs is 2. The molecule has 168 valence electrons. The van der Waals surface area contributed by atoms with Crippen molar-refractivity contribution in [2.45, 2.75) is 16.2 Å². The summed E-state index contributed by atoms with van der Waals surface area (Å²) in [6.07, 6.45) is 0.703. The van der Waals surface area contributed by atoms with E-state index in [1.54, 1.807) is 42.1 Å². The molecule has 0 radical (unpaired) electrons. The first-order valence-electron chi connectivity index (χ1n) is 10.9. The lowest BCUT2D eigenvalue weighted by Crippen LogP contribution is -2.25. The van der Waals surface area contributed by atoms with Gasteiger partial charge in [-0.25, -0.2) is 9.38 Å². The molecule has 1 amide bonds. The summed E-state index contributed by atoms with van der Waals surface area (Å²) in [5.74, 6) is -0.508. The highest BCUT2D eigenvalue weighted by atomic mass is 35.5. The van der Waals surface area contributed by atoms with Gasteiger partial charge in [-0.15, -0.1) is 0 Å². The van der Waals surface area contributed by atoms with Gasteiger partial charge in [0.25, 0.3) is 5.91 Å². The molecule has 0 unspecified atom stereocenters. The van der Waals surface area contributed by atoms with Crippen LogP contribution >= 0.6 is 23.4 Å². The third-order valence-electron chi connectivity index (χ3n) is 5.56. The summed E-state index contributed by atoms with van der Waals surface area (Å²) < 4.78 is 14.7. The van der Waals surface area contributed by atoms with Gasteiger partial charge in [0.15, 0.2) is 0 Å². The van der Waals surface area contributed by atoms with Crippen LogP contribution in [0.5, 0.6) is 0 Å². The SMILES string of the molecule is O=C(NCCc1ccc(Cl)cc1)c1ccc2c(c1)N=C(c1ccccc1F)c1ccccc1S2. The molecule has 0 aliphatic carbocycles. The number of hydrogen-bond donors (Lipinski definition) is 1. The van der Waals surface area contributed by atoms with Crippen molar-refractivity contribution in [1.29, 1.82) is 0 Å². The molecule has 1 heterocycles. The number of carbonyl (C=O) groups is 1. The predicted molar refractivity (Wildman–Crippen MR) is 136 cm³/mol. The molecule has 3 nitrogen and oxygen atoms in total. The van der Waals surface area contributed by atoms with Crippen molar-refractivity contribution in [3.05, 3.63) is 124 Å². The summed E-state index contributed by atoms with van der Waals surface area (Å²) in [5.41, 5.74) is 4.10. The van der Waals surface area contributed by atoms with Crippen molar-refractivity contribution < 1.29 is 9.18 Å². The van der Waals surface area contributed by atoms with E-state index in [1.807, 2.05) is 54.6 Å². The minimum absolute atomic E-state index is 0.175. The molecule has 0 saturated carbocycles. The summed E-state index contributed by atoms with van der Waals surface area (Å²) in [6, 6.07) is 27.5. The average molecular weight is 487 g/mol. The fraction of sp³-hybridized carbons (Fsp3) is 0.0714. The van der Waals surface area contributed by atoms with E-state index in [0.29, 0.717) is 40.5 Å². The van der Waals surface area contributed by atoms with E-state index in [1.165, 1.54) is 6.07 Å². The molecule has 4 aromatic carbocycles. The lowest BCUT2D eigenvalue weighted by Gasteiger charge is -2.09. The van der Waals surface area contributed by atoms with Crippen LogP contribution in [0.15, 0.2) is 106 Å². The van der Waals surface area contributed by atoms with Gasteiger partial charge in [-0.05, 0) is 60.5 Å². The van der Waals surface area contributed by atoms with Crippen molar-refractivity contribution in [1.82, 2.24) is 5.32 Å². The zero-order valence-electron chi connectivity index (χ0n) is 18.1. The molecule has 4 aromatic rings. The monoisotopic (exact) mass is 486 g/mol. The topological polar surface area (TPSA) is 41.5 Å². The summed E-state index contributed by atoms with van der Waals surface area (Å²) in [5, 5.41) is 3.65. The molecule has 0 saturated heterocycles. The fourth-order valence-electron chi connectivity index (χ4n) is 3.81. The van der Waals surface area contributed by atoms with E-state index >= 15 is 0 Å². The Morgan fingerprint density at radius 2 is 1.62 bits per heavy atom. The summed E-state index contributed by atoms with van der Waals surface area (Å²) in [7, 11) is 0. The number of benzene rings is 4. The molecule has 0 fully saturated rings. The number of halogens is 2. The van der Waals surface area contributed by atoms with E-state index in [0.717, 1.165) is 20.9 Å². The molecule has 34 heavy (non-hydrogen) atoms. The smallest absolute Gasteiger partial charge is 0.251 e. The van der Waals surface area contributed by atoms with Crippen molar-refractivity contribution in [3.63, 3.8) is 0 Å². The molecular weight excluding hydrogens is 467 g/mol. The van der Waals surface area contributed by atoms with Gasteiger partial charge >= 0.3 is 0 Å². The Labute approximate surface area is 206 Å². The minimum Gasteiger partial charge on any atom is -0.352 e. The van der Waals surface area contributed by atoms with Crippen LogP contribution < -0.4 is 5.32 Å². The van der Waals surface area contributed by atoms with Crippen LogP contribution in [-0.4, -0.2) is 18.2 Å². The van der Waals surface area contributed by atoms with E-state index in [-0.39, 0.29) is 11.7 Å². The maximum absolute atomic E-state index is 14.7. The Balaban J connectivity index is 1.44. The highest BCUT2D eigenvalue weighted by Gasteiger charge is 2.21. The van der Waals surface area contributed by atoms with Crippen LogP contribution in [0.2, 0.25) is 5.02 Å². The third-order valence-corrected chi connectivity index (χ3v) is 6.95. The number of nitrogens with zero attached hydrogens (tertiary/aromatic N) is 1. The zero-order chi connectivity index (χ0) is 23.5. The Morgan fingerprint density at radius 1 is 0.882 bits per heavy atom. The minimum atomic E-state index is -0.333. The zero-order valence-corrected chi connectivity index (χ0v) is 19.7. The molecule has 0 atom stereocenters. The van der Waals surface area contributed by atoms with E-state index in [2.05, 4.69) is 5.32 Å². The lowest BCUT2D eigenvalue weighted by molar-refractivity contribution is 0.0954. The Hall–Kier alpha value is -3.41. The highest BCUT2D eigenvalue weighted by molar-refractivity contribution is 7.99. The van der Waals surface area contributed by atoms with Gasteiger partial charge in [0, 0.05) is 38.0 Å². The van der Waals surface area contributed by atoms with Crippen LogP contribution in [0.4, 0.5) is 10.1 Å². The standard InChI is InChI=1S/C28H20ClFN2OS/c29-20-12-9-18(10-13-20)15-16-31-28(33)19-11-14-26-24(17-19)32-27(21-5-1-3-7-23(21)30)22-6-2-4-8-25(22)34-26/h1-14,17H,15-16H2,(H,31,33). The van der Waals surface area contributed by atoms with E-state index < -0.39 is 0 Å². The van der Waals surface area contributed by atoms with Crippen molar-refractivity contribution in [2.75, 3.05) is 6.54 Å². The lowest BCUT2D eigenvalue weighted by atomic mass is 10.0. The largest absolute Gasteiger partial charge is 0.352 e. The van der Waals surface area contributed by atoms with Gasteiger partial charge < -0.3 is 5.32 Å². The normalized spacial score (nSPS) is 12.2. The first-order valence-corrected chi connectivity index (χ1v) is 12.1. The molecule has 0 aromatic heterocycles. The van der Waals surface area contributed by atoms with Crippen molar-refractivity contribution in [3.8, 4) is 0 Å². The average Bonchev–Trinajstić information content (AvgIpc) is 3.02. The quantitative estimate of drug-likeness (QED) is 0.288. The van der Waals surface area contributed by atoms with E-state index in [4.69, 9.17) is 16.6 Å². The van der Waals surface area contributed by atoms with E-state index in [9.17, 15) is 9.18 Å². The van der Waals surface area contributed by atoms with Crippen molar-refractivity contribution in [2.24, 2.45) is 4.99 Å². The fourth-order valence-corrected chi connectivity index (χ4v) is 4.94. The van der Waals surface area contributed by atoms with Crippen molar-refractivity contribution >= 4 is 40.7 Å². The Kier molecular flexibility index (Phi) is 6.48. The molecule has 1 aliphatic heterocycles. The molecule has 0 bridgehead atoms. The maximum atomic E-state index is 14.7. The number of rotatable bonds is 5. The van der Waals surface area contributed by atoms with Crippen LogP contribution in [0.25, 0.3) is 0 Å². The molecule has 6 heteroatoms. The molecular formula is C28H20ClFN2OS. The van der Waals surface area contributed by atoms with Gasteiger partial charge in [-0.2, -0.15) is 0 Å². The molecule has 1 N–H and O–H groups in total. The second-order valence-electron chi connectivity index (χ2n) is 7.85. The number of hydrogen-bond acceptors (Lipinski definition) is 3. The van der Waals surface area contributed by atoms with Gasteiger partial charge in [-0.1, -0.05) is 65.8 Å². The predicted octanol–water partition coefficient (Wildman–Crippen LogP) is 7.09. The molecule has 0 spiro atoms. The number of nitrogens with one attached hydrogen (secondary N) is 1. The van der Waals surface area contributed by atoms with Gasteiger partial charge in [0.2, 0.25) is 0 Å². The second kappa shape index (κ2) is 9.84. The number of carbonyl (C=O) groups excluding carboxylic acids is 1. The van der Waals surface area contributed by atoms with Crippen LogP contribution in [0.3, 0.4) is 0 Å². The van der Waals surface area contributed by atoms with Crippen LogP contribution in [0, 0.1) is 5.82 Å². The van der Waals surface area contributed by atoms with Crippen LogP contribution in [-0.2, 0) is 6.42 Å². The Morgan fingerprint density at radius 3 is 2.41 bits per heavy atom. The van der Waals surface area contributed by atoms with Gasteiger partial charge in [-0.3, -0.25) is 4.79 Å². The number of aliphatic imine (C=N–C) groups is 1. The summed E-state index contributed by atoms with van der Waals surface area (Å²) in [4.78, 5) is 19.6. The second-order valence-corrected chi connectivity index (χ2v) is 9.37. The van der Waals surface area contributed by atoms with Gasteiger partial charge in [0.05, 0.1) is 11.4 Å². The summed E-state index contributed by atoms with van der Waals surface area (Å²) in [6.45, 7) is 0.501. The first kappa shape index (κ1) is 22.4. The molecule has 1 aliphatic rings. The first-order chi connectivity index (χ1) is 16.6. The van der Waals surface area contributed by atoms with Crippen LogP contribution in [0.1, 0.15) is 27.0 Å². The third kappa shape index (κ3) is 4.76. The molecule has 5 rings (SSSR count). The van der Waals surface area contributed by atoms with Gasteiger partial charge in [0.1, 0.15) is 5.82 Å².